The van der Waals surface area contributed by atoms with E-state index in [0.29, 0.717) is 25.5 Å². The summed E-state index contributed by atoms with van der Waals surface area (Å²) in [6.45, 7) is 7.35. The maximum Gasteiger partial charge on any atom is 0.224 e. The van der Waals surface area contributed by atoms with E-state index in [1.807, 2.05) is 19.1 Å². The highest BCUT2D eigenvalue weighted by Crippen LogP contribution is 2.19. The van der Waals surface area contributed by atoms with Crippen molar-refractivity contribution in [2.24, 2.45) is 0 Å². The monoisotopic (exact) mass is 367 g/mol. The first-order valence-corrected chi connectivity index (χ1v) is 9.77. The summed E-state index contributed by atoms with van der Waals surface area (Å²) >= 11 is 0. The third-order valence-corrected chi connectivity index (χ3v) is 4.72. The average molecular weight is 367 g/mol. The number of carbonyl (C=O) groups excluding carboxylic acids is 1. The number of carbonyl (C=O) groups is 1. The topological polar surface area (TPSA) is 70.2 Å². The van der Waals surface area contributed by atoms with Crippen molar-refractivity contribution in [1.29, 1.82) is 0 Å². The van der Waals surface area contributed by atoms with E-state index in [4.69, 9.17) is 0 Å². The number of hydrogen-bond acceptors (Lipinski definition) is 5. The predicted octanol–water partition coefficient (Wildman–Crippen LogP) is 2.85. The van der Waals surface area contributed by atoms with Crippen LogP contribution in [0.25, 0.3) is 0 Å². The van der Waals surface area contributed by atoms with Gasteiger partial charge in [-0.05, 0) is 38.7 Å². The van der Waals surface area contributed by atoms with Crippen molar-refractivity contribution < 1.29 is 4.79 Å². The first-order chi connectivity index (χ1) is 13.1. The molecule has 0 saturated carbocycles. The number of nitrogens with zero attached hydrogens (tertiary/aromatic N) is 3. The minimum atomic E-state index is 0.0706. The number of nitrogens with one attached hydrogen (secondary N) is 2. The fourth-order valence-corrected chi connectivity index (χ4v) is 3.33. The molecular weight excluding hydrogens is 338 g/mol. The molecule has 0 bridgehead atoms. The largest absolute Gasteiger partial charge is 0.356 e. The maximum absolute atomic E-state index is 12.0. The van der Waals surface area contributed by atoms with Gasteiger partial charge in [0, 0.05) is 44.4 Å². The van der Waals surface area contributed by atoms with Crippen molar-refractivity contribution in [1.82, 2.24) is 15.3 Å². The van der Waals surface area contributed by atoms with Gasteiger partial charge >= 0.3 is 0 Å². The number of benzene rings is 1. The van der Waals surface area contributed by atoms with E-state index < -0.39 is 0 Å². The Morgan fingerprint density at radius 3 is 2.70 bits per heavy atom. The van der Waals surface area contributed by atoms with Crippen LogP contribution in [0, 0.1) is 13.8 Å². The maximum atomic E-state index is 12.0. The van der Waals surface area contributed by atoms with E-state index in [0.717, 1.165) is 31.0 Å². The van der Waals surface area contributed by atoms with Crippen LogP contribution in [0.3, 0.4) is 0 Å². The summed E-state index contributed by atoms with van der Waals surface area (Å²) in [4.78, 5) is 23.4. The van der Waals surface area contributed by atoms with Crippen LogP contribution >= 0.6 is 0 Å². The summed E-state index contributed by atoms with van der Waals surface area (Å²) < 4.78 is 0. The molecule has 2 heterocycles. The second-order valence-electron chi connectivity index (χ2n) is 7.15. The number of amides is 1. The quantitative estimate of drug-likeness (QED) is 0.702. The van der Waals surface area contributed by atoms with Gasteiger partial charge in [-0.15, -0.1) is 0 Å². The van der Waals surface area contributed by atoms with Gasteiger partial charge in [0.1, 0.15) is 5.82 Å². The van der Waals surface area contributed by atoms with E-state index in [9.17, 15) is 4.79 Å². The standard InChI is InChI=1S/C21H29N5O/c1-16-6-5-7-18(14-16)8-9-20(27)22-10-11-23-21-24-17(2)15-19(25-21)26-12-3-4-13-26/h5-7,14-15H,3-4,8-13H2,1-2H3,(H,22,27)(H,23,24,25). The number of aryl methyl sites for hydroxylation is 3. The van der Waals surface area contributed by atoms with Crippen LogP contribution in [-0.2, 0) is 11.2 Å². The normalized spacial score (nSPS) is 13.6. The van der Waals surface area contributed by atoms with Gasteiger partial charge in [0.05, 0.1) is 0 Å². The molecule has 6 heteroatoms. The summed E-state index contributed by atoms with van der Waals surface area (Å²) in [5.41, 5.74) is 3.38. The Labute approximate surface area is 161 Å². The van der Waals surface area contributed by atoms with Crippen LogP contribution in [0.4, 0.5) is 11.8 Å². The van der Waals surface area contributed by atoms with Gasteiger partial charge in [-0.1, -0.05) is 29.8 Å². The van der Waals surface area contributed by atoms with Crippen LogP contribution in [-0.4, -0.2) is 42.1 Å². The Balaban J connectivity index is 1.40. The second-order valence-corrected chi connectivity index (χ2v) is 7.15. The zero-order valence-corrected chi connectivity index (χ0v) is 16.3. The molecule has 0 unspecified atom stereocenters. The highest BCUT2D eigenvalue weighted by atomic mass is 16.1. The fourth-order valence-electron chi connectivity index (χ4n) is 3.33. The molecule has 6 nitrogen and oxygen atoms in total. The second kappa shape index (κ2) is 9.35. The minimum Gasteiger partial charge on any atom is -0.356 e. The smallest absolute Gasteiger partial charge is 0.224 e. The van der Waals surface area contributed by atoms with Crippen LogP contribution in [0.2, 0.25) is 0 Å². The summed E-state index contributed by atoms with van der Waals surface area (Å²) in [5, 5.41) is 6.18. The van der Waals surface area contributed by atoms with Crippen molar-refractivity contribution in [3.63, 3.8) is 0 Å². The van der Waals surface area contributed by atoms with E-state index in [1.54, 1.807) is 0 Å². The zero-order chi connectivity index (χ0) is 19.1. The summed E-state index contributed by atoms with van der Waals surface area (Å²) in [5.74, 6) is 1.69. The Morgan fingerprint density at radius 2 is 1.93 bits per heavy atom. The van der Waals surface area contributed by atoms with Crippen LogP contribution in [0.5, 0.6) is 0 Å². The van der Waals surface area contributed by atoms with Crippen molar-refractivity contribution in [3.8, 4) is 0 Å². The lowest BCUT2D eigenvalue weighted by molar-refractivity contribution is -0.120. The van der Waals surface area contributed by atoms with Gasteiger partial charge in [0.2, 0.25) is 11.9 Å². The number of anilines is 2. The molecule has 1 saturated heterocycles. The zero-order valence-electron chi connectivity index (χ0n) is 16.3. The highest BCUT2D eigenvalue weighted by Gasteiger charge is 2.15. The number of rotatable bonds is 8. The number of hydrogen-bond donors (Lipinski definition) is 2. The first-order valence-electron chi connectivity index (χ1n) is 9.77. The molecule has 2 N–H and O–H groups in total. The number of aromatic nitrogens is 2. The lowest BCUT2D eigenvalue weighted by Crippen LogP contribution is -2.29. The molecule has 0 aliphatic carbocycles. The van der Waals surface area contributed by atoms with Gasteiger partial charge in [0.25, 0.3) is 0 Å². The van der Waals surface area contributed by atoms with Crippen LogP contribution in [0.15, 0.2) is 30.3 Å². The van der Waals surface area contributed by atoms with E-state index in [2.05, 4.69) is 50.6 Å². The molecular formula is C21H29N5O. The third kappa shape index (κ3) is 5.94. The molecule has 144 valence electrons. The molecule has 3 rings (SSSR count). The summed E-state index contributed by atoms with van der Waals surface area (Å²) in [7, 11) is 0. The molecule has 1 fully saturated rings. The molecule has 1 aromatic carbocycles. The molecule has 0 spiro atoms. The summed E-state index contributed by atoms with van der Waals surface area (Å²) in [6.07, 6.45) is 3.71. The molecule has 1 aliphatic heterocycles. The Kier molecular flexibility index (Phi) is 6.63. The van der Waals surface area contributed by atoms with Crippen molar-refractivity contribution in [2.75, 3.05) is 36.4 Å². The van der Waals surface area contributed by atoms with Gasteiger partial charge in [-0.25, -0.2) is 4.98 Å². The Morgan fingerprint density at radius 1 is 1.11 bits per heavy atom. The third-order valence-electron chi connectivity index (χ3n) is 4.72. The highest BCUT2D eigenvalue weighted by molar-refractivity contribution is 5.76. The molecule has 2 aromatic rings. The summed E-state index contributed by atoms with van der Waals surface area (Å²) in [6, 6.07) is 10.3. The average Bonchev–Trinajstić information content (AvgIpc) is 3.18. The van der Waals surface area contributed by atoms with Crippen LogP contribution in [0.1, 0.15) is 36.1 Å². The molecule has 27 heavy (non-hydrogen) atoms. The Hall–Kier alpha value is -2.63. The van der Waals surface area contributed by atoms with Crippen LogP contribution < -0.4 is 15.5 Å². The van der Waals surface area contributed by atoms with E-state index >= 15 is 0 Å². The molecule has 0 atom stereocenters. The lowest BCUT2D eigenvalue weighted by Gasteiger charge is -2.17. The molecule has 1 amide bonds. The van der Waals surface area contributed by atoms with Gasteiger partial charge in [-0.2, -0.15) is 4.98 Å². The van der Waals surface area contributed by atoms with Gasteiger partial charge in [0.15, 0.2) is 0 Å². The molecule has 1 aromatic heterocycles. The van der Waals surface area contributed by atoms with Crippen molar-refractivity contribution >= 4 is 17.7 Å². The molecule has 0 radical (unpaired) electrons. The Bertz CT molecular complexity index is 771. The van der Waals surface area contributed by atoms with Crippen molar-refractivity contribution in [3.05, 3.63) is 47.2 Å². The van der Waals surface area contributed by atoms with E-state index in [1.165, 1.54) is 24.0 Å². The van der Waals surface area contributed by atoms with Gasteiger partial charge in [-0.3, -0.25) is 4.79 Å². The van der Waals surface area contributed by atoms with Crippen molar-refractivity contribution in [2.45, 2.75) is 39.5 Å². The fraction of sp³-hybridized carbons (Fsp3) is 0.476. The van der Waals surface area contributed by atoms with E-state index in [-0.39, 0.29) is 5.91 Å². The predicted molar refractivity (Wildman–Crippen MR) is 109 cm³/mol. The molecule has 1 aliphatic rings. The first kappa shape index (κ1) is 19.1. The van der Waals surface area contributed by atoms with Gasteiger partial charge < -0.3 is 15.5 Å². The SMILES string of the molecule is Cc1cccc(CCC(=O)NCCNc2nc(C)cc(N3CCCC3)n2)c1. The lowest BCUT2D eigenvalue weighted by atomic mass is 10.1. The minimum absolute atomic E-state index is 0.0706.